The zero-order valence-corrected chi connectivity index (χ0v) is 9.28. The lowest BCUT2D eigenvalue weighted by atomic mass is 10.2. The second kappa shape index (κ2) is 4.97. The van der Waals surface area contributed by atoms with Gasteiger partial charge in [0.05, 0.1) is 0 Å². The summed E-state index contributed by atoms with van der Waals surface area (Å²) in [5.41, 5.74) is 0. The van der Waals surface area contributed by atoms with E-state index in [1.807, 2.05) is 27.7 Å². The maximum atomic E-state index is 11.7. The van der Waals surface area contributed by atoms with Gasteiger partial charge in [-0.05, 0) is 33.6 Å². The number of aliphatic hydroxyl groups is 1. The summed E-state index contributed by atoms with van der Waals surface area (Å²) in [4.78, 5) is 0. The molecule has 12 heavy (non-hydrogen) atoms. The molecular weight excluding hydrogens is 172 g/mol. The van der Waals surface area contributed by atoms with Gasteiger partial charge in [-0.15, -0.1) is 0 Å². The molecular formula is C9H20O2S. The van der Waals surface area contributed by atoms with Crippen molar-refractivity contribution in [3.05, 3.63) is 0 Å². The molecule has 0 radical (unpaired) electrons. The largest absolute Gasteiger partial charge is 0.396 e. The van der Waals surface area contributed by atoms with Gasteiger partial charge in [0.15, 0.2) is 0 Å². The Kier molecular flexibility index (Phi) is 5.02. The van der Waals surface area contributed by atoms with Gasteiger partial charge < -0.3 is 5.11 Å². The maximum Gasteiger partial charge on any atom is 0.0431 e. The van der Waals surface area contributed by atoms with Gasteiger partial charge in [0.1, 0.15) is 0 Å². The highest BCUT2D eigenvalue weighted by molar-refractivity contribution is 7.87. The molecule has 74 valence electrons. The molecule has 0 aromatic heterocycles. The van der Waals surface area contributed by atoms with E-state index in [-0.39, 0.29) is 16.6 Å². The highest BCUT2D eigenvalue weighted by atomic mass is 32.2. The SMILES string of the molecule is CC(CCCO)S(=O)C(C)(C)C. The minimum Gasteiger partial charge on any atom is -0.396 e. The van der Waals surface area contributed by atoms with Gasteiger partial charge >= 0.3 is 0 Å². The van der Waals surface area contributed by atoms with E-state index >= 15 is 0 Å². The third-order valence-corrected chi connectivity index (χ3v) is 3.91. The van der Waals surface area contributed by atoms with Crippen molar-refractivity contribution >= 4 is 10.8 Å². The Morgan fingerprint density at radius 3 is 2.25 bits per heavy atom. The Balaban J connectivity index is 3.94. The van der Waals surface area contributed by atoms with E-state index in [4.69, 9.17) is 5.11 Å². The smallest absolute Gasteiger partial charge is 0.0431 e. The third-order valence-electron chi connectivity index (χ3n) is 1.74. The van der Waals surface area contributed by atoms with Gasteiger partial charge in [-0.3, -0.25) is 4.21 Å². The fourth-order valence-electron chi connectivity index (χ4n) is 1.09. The normalized spacial score (nSPS) is 17.4. The van der Waals surface area contributed by atoms with Crippen LogP contribution in [-0.4, -0.2) is 25.9 Å². The van der Waals surface area contributed by atoms with Crippen molar-refractivity contribution in [3.8, 4) is 0 Å². The third kappa shape index (κ3) is 4.21. The van der Waals surface area contributed by atoms with Crippen LogP contribution >= 0.6 is 0 Å². The van der Waals surface area contributed by atoms with E-state index in [1.165, 1.54) is 0 Å². The van der Waals surface area contributed by atoms with Crippen LogP contribution in [0.3, 0.4) is 0 Å². The van der Waals surface area contributed by atoms with Crippen LogP contribution in [0.25, 0.3) is 0 Å². The van der Waals surface area contributed by atoms with Gasteiger partial charge in [-0.25, -0.2) is 0 Å². The van der Waals surface area contributed by atoms with E-state index in [9.17, 15) is 4.21 Å². The lowest BCUT2D eigenvalue weighted by molar-refractivity contribution is 0.284. The maximum absolute atomic E-state index is 11.7. The molecule has 0 spiro atoms. The zero-order valence-electron chi connectivity index (χ0n) is 8.46. The predicted octanol–water partition coefficient (Wildman–Crippen LogP) is 1.69. The highest BCUT2D eigenvalue weighted by Gasteiger charge is 2.24. The first-order chi connectivity index (χ1) is 5.39. The quantitative estimate of drug-likeness (QED) is 0.736. The Bertz CT molecular complexity index is 149. The summed E-state index contributed by atoms with van der Waals surface area (Å²) in [7, 11) is -0.795. The molecule has 0 bridgehead atoms. The van der Waals surface area contributed by atoms with Crippen LogP contribution in [0.2, 0.25) is 0 Å². The molecule has 1 N–H and O–H groups in total. The highest BCUT2D eigenvalue weighted by Crippen LogP contribution is 2.18. The van der Waals surface area contributed by atoms with Crippen LogP contribution in [-0.2, 0) is 10.8 Å². The van der Waals surface area contributed by atoms with Crippen LogP contribution < -0.4 is 0 Å². The van der Waals surface area contributed by atoms with E-state index in [0.717, 1.165) is 12.8 Å². The lowest BCUT2D eigenvalue weighted by Gasteiger charge is -2.22. The van der Waals surface area contributed by atoms with Crippen molar-refractivity contribution in [2.24, 2.45) is 0 Å². The summed E-state index contributed by atoms with van der Waals surface area (Å²) >= 11 is 0. The topological polar surface area (TPSA) is 37.3 Å². The fourth-order valence-corrected chi connectivity index (χ4v) is 2.68. The minimum absolute atomic E-state index is 0.130. The Morgan fingerprint density at radius 2 is 1.92 bits per heavy atom. The van der Waals surface area contributed by atoms with Gasteiger partial charge in [-0.1, -0.05) is 6.92 Å². The molecule has 0 aliphatic carbocycles. The van der Waals surface area contributed by atoms with Crippen molar-refractivity contribution in [1.29, 1.82) is 0 Å². The van der Waals surface area contributed by atoms with E-state index in [0.29, 0.717) is 0 Å². The standard InChI is InChI=1S/C9H20O2S/c1-8(6-5-7-10)12(11)9(2,3)4/h8,10H,5-7H2,1-4H3. The van der Waals surface area contributed by atoms with Crippen molar-refractivity contribution in [2.45, 2.75) is 50.5 Å². The summed E-state index contributed by atoms with van der Waals surface area (Å²) in [6.07, 6.45) is 1.60. The van der Waals surface area contributed by atoms with E-state index in [1.54, 1.807) is 0 Å². The van der Waals surface area contributed by atoms with Crippen LogP contribution in [0.5, 0.6) is 0 Å². The van der Waals surface area contributed by atoms with Crippen molar-refractivity contribution in [2.75, 3.05) is 6.61 Å². The number of aliphatic hydroxyl groups excluding tert-OH is 1. The van der Waals surface area contributed by atoms with Crippen molar-refractivity contribution in [3.63, 3.8) is 0 Å². The molecule has 2 nitrogen and oxygen atoms in total. The van der Waals surface area contributed by atoms with Gasteiger partial charge in [0, 0.05) is 27.4 Å². The summed E-state index contributed by atoms with van der Waals surface area (Å²) in [6, 6.07) is 0. The Labute approximate surface area is 77.8 Å². The summed E-state index contributed by atoms with van der Waals surface area (Å²) in [5, 5.41) is 8.79. The number of hydrogen-bond donors (Lipinski definition) is 1. The molecule has 2 unspecified atom stereocenters. The zero-order chi connectivity index (χ0) is 9.78. The molecule has 0 saturated heterocycles. The Hall–Kier alpha value is 0.110. The van der Waals surface area contributed by atoms with Crippen molar-refractivity contribution in [1.82, 2.24) is 0 Å². The van der Waals surface area contributed by atoms with E-state index < -0.39 is 10.8 Å². The molecule has 3 heteroatoms. The van der Waals surface area contributed by atoms with Crippen LogP contribution in [0.4, 0.5) is 0 Å². The second-order valence-corrected chi connectivity index (χ2v) is 6.71. The summed E-state index contributed by atoms with van der Waals surface area (Å²) < 4.78 is 11.6. The summed E-state index contributed by atoms with van der Waals surface area (Å²) in [5.74, 6) is 0. The van der Waals surface area contributed by atoms with Crippen LogP contribution in [0, 0.1) is 0 Å². The summed E-state index contributed by atoms with van der Waals surface area (Å²) in [6.45, 7) is 8.14. The average Bonchev–Trinajstić information content (AvgIpc) is 1.97. The molecule has 0 fully saturated rings. The molecule has 0 amide bonds. The molecule has 0 aliphatic heterocycles. The molecule has 0 rings (SSSR count). The minimum atomic E-state index is -0.795. The first-order valence-electron chi connectivity index (χ1n) is 4.41. The fraction of sp³-hybridized carbons (Fsp3) is 1.00. The van der Waals surface area contributed by atoms with E-state index in [2.05, 4.69) is 0 Å². The van der Waals surface area contributed by atoms with Gasteiger partial charge in [0.2, 0.25) is 0 Å². The molecule has 0 saturated carbocycles. The molecule has 2 atom stereocenters. The molecule has 0 aliphatic rings. The van der Waals surface area contributed by atoms with Crippen LogP contribution in [0.15, 0.2) is 0 Å². The number of hydrogen-bond acceptors (Lipinski definition) is 2. The first-order valence-corrected chi connectivity index (χ1v) is 5.62. The van der Waals surface area contributed by atoms with Gasteiger partial charge in [-0.2, -0.15) is 0 Å². The predicted molar refractivity (Wildman–Crippen MR) is 53.7 cm³/mol. The van der Waals surface area contributed by atoms with Gasteiger partial charge in [0.25, 0.3) is 0 Å². The number of rotatable bonds is 4. The average molecular weight is 192 g/mol. The molecule has 0 aromatic rings. The lowest BCUT2D eigenvalue weighted by Crippen LogP contribution is -2.29. The van der Waals surface area contributed by atoms with Crippen LogP contribution in [0.1, 0.15) is 40.5 Å². The molecule has 0 aromatic carbocycles. The van der Waals surface area contributed by atoms with Crippen molar-refractivity contribution < 1.29 is 9.32 Å². The molecule has 0 heterocycles. The Morgan fingerprint density at radius 1 is 1.42 bits per heavy atom. The second-order valence-electron chi connectivity index (χ2n) is 4.09. The monoisotopic (exact) mass is 192 g/mol. The first kappa shape index (κ1) is 12.1.